The van der Waals surface area contributed by atoms with Crippen molar-refractivity contribution in [3.63, 3.8) is 0 Å². The van der Waals surface area contributed by atoms with Crippen LogP contribution in [0.4, 0.5) is 10.7 Å². The molecule has 28 heavy (non-hydrogen) atoms. The van der Waals surface area contributed by atoms with Crippen LogP contribution in [0.1, 0.15) is 36.0 Å². The fourth-order valence-electron chi connectivity index (χ4n) is 2.47. The number of aryl methyl sites for hydroxylation is 1. The van der Waals surface area contributed by atoms with Gasteiger partial charge in [0.05, 0.1) is 21.3 Å². The Labute approximate surface area is 172 Å². The number of hydrogen-bond donors (Lipinski definition) is 2. The average Bonchev–Trinajstić information content (AvgIpc) is 3.24. The van der Waals surface area contributed by atoms with Crippen LogP contribution < -0.4 is 10.6 Å². The molecule has 0 aliphatic rings. The van der Waals surface area contributed by atoms with Crippen LogP contribution in [0.5, 0.6) is 0 Å². The third kappa shape index (κ3) is 4.43. The van der Waals surface area contributed by atoms with Gasteiger partial charge in [-0.05, 0) is 42.8 Å². The second kappa shape index (κ2) is 7.77. The number of aromatic nitrogens is 2. The van der Waals surface area contributed by atoms with Crippen molar-refractivity contribution in [2.75, 3.05) is 10.6 Å². The smallest absolute Gasteiger partial charge is 0.266 e. The summed E-state index contributed by atoms with van der Waals surface area (Å²) in [5.74, 6) is -0.369. The molecule has 0 spiro atoms. The predicted molar refractivity (Wildman–Crippen MR) is 114 cm³/mol. The highest BCUT2D eigenvalue weighted by atomic mass is 35.5. The van der Waals surface area contributed by atoms with Gasteiger partial charge < -0.3 is 10.6 Å². The van der Waals surface area contributed by atoms with Crippen LogP contribution in [-0.4, -0.2) is 21.6 Å². The lowest BCUT2D eigenvalue weighted by atomic mass is 9.96. The third-order valence-electron chi connectivity index (χ3n) is 4.00. The van der Waals surface area contributed by atoms with Gasteiger partial charge in [-0.15, -0.1) is 11.3 Å². The maximum Gasteiger partial charge on any atom is 0.266 e. The van der Waals surface area contributed by atoms with E-state index in [-0.39, 0.29) is 11.8 Å². The van der Waals surface area contributed by atoms with Crippen molar-refractivity contribution in [2.24, 2.45) is 5.41 Å². The Hall–Kier alpha value is -2.64. The summed E-state index contributed by atoms with van der Waals surface area (Å²) in [5.41, 5.74) is 1.53. The summed E-state index contributed by atoms with van der Waals surface area (Å²) in [4.78, 5) is 25.6. The van der Waals surface area contributed by atoms with Crippen LogP contribution in [0.15, 0.2) is 42.7 Å². The van der Waals surface area contributed by atoms with E-state index in [1.807, 2.05) is 27.7 Å². The second-order valence-electron chi connectivity index (χ2n) is 7.39. The highest BCUT2D eigenvalue weighted by molar-refractivity contribution is 7.18. The topological polar surface area (TPSA) is 76.0 Å². The molecule has 3 rings (SSSR count). The van der Waals surface area contributed by atoms with Gasteiger partial charge in [0.2, 0.25) is 5.91 Å². The van der Waals surface area contributed by atoms with Crippen LogP contribution in [-0.2, 0) is 4.79 Å². The molecule has 1 aromatic carbocycles. The summed E-state index contributed by atoms with van der Waals surface area (Å²) in [7, 11) is 0. The Morgan fingerprint density at radius 2 is 1.93 bits per heavy atom. The number of thiophene rings is 1. The monoisotopic (exact) mass is 416 g/mol. The van der Waals surface area contributed by atoms with E-state index in [2.05, 4.69) is 15.7 Å². The summed E-state index contributed by atoms with van der Waals surface area (Å²) in [5, 5.41) is 11.1. The number of anilines is 2. The molecule has 0 saturated carbocycles. The Balaban J connectivity index is 1.85. The second-order valence-corrected chi connectivity index (χ2v) is 8.88. The largest absolute Gasteiger partial charge is 0.319 e. The molecule has 0 radical (unpaired) electrons. The summed E-state index contributed by atoms with van der Waals surface area (Å²) >= 11 is 7.36. The van der Waals surface area contributed by atoms with Crippen LogP contribution in [0.25, 0.3) is 5.69 Å². The highest BCUT2D eigenvalue weighted by Gasteiger charge is 2.23. The maximum atomic E-state index is 12.9. The molecule has 3 aromatic rings. The fraction of sp³-hybridized carbons (Fsp3) is 0.250. The van der Waals surface area contributed by atoms with Gasteiger partial charge in [-0.25, -0.2) is 4.68 Å². The number of nitrogens with one attached hydrogen (secondary N) is 2. The maximum absolute atomic E-state index is 12.9. The van der Waals surface area contributed by atoms with Crippen molar-refractivity contribution in [1.82, 2.24) is 9.78 Å². The molecule has 0 aliphatic carbocycles. The minimum atomic E-state index is -0.514. The molecule has 0 bridgehead atoms. The standard InChI is InChI=1S/C20H21ClN4O2S/c1-12-10-16(24-19(27)20(2,3)4)28-17(12)18(26)23-14-11-13(21)6-7-15(14)25-9-5-8-22-25/h5-11H,1-4H3,(H,23,26)(H,24,27). The molecule has 146 valence electrons. The third-order valence-corrected chi connectivity index (χ3v) is 5.39. The Kier molecular flexibility index (Phi) is 5.58. The van der Waals surface area contributed by atoms with Gasteiger partial charge in [0.25, 0.3) is 5.91 Å². The van der Waals surface area contributed by atoms with Crippen LogP contribution in [0.2, 0.25) is 5.02 Å². The number of carbonyl (C=O) groups excluding carboxylic acids is 2. The molecule has 6 nitrogen and oxygen atoms in total. The van der Waals surface area contributed by atoms with E-state index in [1.54, 1.807) is 47.4 Å². The van der Waals surface area contributed by atoms with E-state index in [4.69, 9.17) is 11.6 Å². The number of carbonyl (C=O) groups is 2. The van der Waals surface area contributed by atoms with Gasteiger partial charge in [-0.2, -0.15) is 5.10 Å². The van der Waals surface area contributed by atoms with Crippen molar-refractivity contribution in [2.45, 2.75) is 27.7 Å². The number of hydrogen-bond acceptors (Lipinski definition) is 4. The number of benzene rings is 1. The lowest BCUT2D eigenvalue weighted by molar-refractivity contribution is -0.123. The molecule has 2 N–H and O–H groups in total. The molecule has 0 unspecified atom stereocenters. The van der Waals surface area contributed by atoms with Crippen molar-refractivity contribution in [3.05, 3.63) is 58.2 Å². The first-order valence-electron chi connectivity index (χ1n) is 8.68. The van der Waals surface area contributed by atoms with E-state index in [1.165, 1.54) is 11.3 Å². The van der Waals surface area contributed by atoms with E-state index >= 15 is 0 Å². The molecule has 0 atom stereocenters. The molecular formula is C20H21ClN4O2S. The summed E-state index contributed by atoms with van der Waals surface area (Å²) in [6, 6.07) is 8.82. The predicted octanol–water partition coefficient (Wildman–Crippen LogP) is 5.13. The lowest BCUT2D eigenvalue weighted by Crippen LogP contribution is -2.27. The van der Waals surface area contributed by atoms with Gasteiger partial charge in [-0.1, -0.05) is 32.4 Å². The van der Waals surface area contributed by atoms with Gasteiger partial charge in [0, 0.05) is 22.8 Å². The number of halogens is 1. The Bertz CT molecular complexity index is 1020. The summed E-state index contributed by atoms with van der Waals surface area (Å²) in [6.07, 6.45) is 3.45. The first-order valence-corrected chi connectivity index (χ1v) is 9.87. The van der Waals surface area contributed by atoms with E-state index in [0.717, 1.165) is 5.56 Å². The van der Waals surface area contributed by atoms with Crippen LogP contribution >= 0.6 is 22.9 Å². The zero-order valence-corrected chi connectivity index (χ0v) is 17.6. The van der Waals surface area contributed by atoms with E-state index < -0.39 is 5.41 Å². The zero-order valence-electron chi connectivity index (χ0n) is 16.0. The molecule has 2 aromatic heterocycles. The lowest BCUT2D eigenvalue weighted by Gasteiger charge is -2.16. The van der Waals surface area contributed by atoms with Gasteiger partial charge in [0.1, 0.15) is 0 Å². The first-order chi connectivity index (χ1) is 13.1. The molecule has 8 heteroatoms. The number of rotatable bonds is 4. The molecule has 2 amide bonds. The van der Waals surface area contributed by atoms with Gasteiger partial charge in [0.15, 0.2) is 0 Å². The highest BCUT2D eigenvalue weighted by Crippen LogP contribution is 2.30. The minimum Gasteiger partial charge on any atom is -0.319 e. The molecular weight excluding hydrogens is 396 g/mol. The van der Waals surface area contributed by atoms with Crippen molar-refractivity contribution >= 4 is 45.4 Å². The Morgan fingerprint density at radius 3 is 2.57 bits per heavy atom. The number of nitrogens with zero attached hydrogens (tertiary/aromatic N) is 2. The average molecular weight is 417 g/mol. The summed E-state index contributed by atoms with van der Waals surface area (Å²) in [6.45, 7) is 7.36. The quantitative estimate of drug-likeness (QED) is 0.618. The molecule has 2 heterocycles. The molecule has 0 fully saturated rings. The summed E-state index contributed by atoms with van der Waals surface area (Å²) < 4.78 is 1.65. The first kappa shape index (κ1) is 20.1. The van der Waals surface area contributed by atoms with Crippen LogP contribution in [0.3, 0.4) is 0 Å². The van der Waals surface area contributed by atoms with Crippen molar-refractivity contribution in [1.29, 1.82) is 0 Å². The SMILES string of the molecule is Cc1cc(NC(=O)C(C)(C)C)sc1C(=O)Nc1cc(Cl)ccc1-n1cccn1. The molecule has 0 saturated heterocycles. The Morgan fingerprint density at radius 1 is 1.18 bits per heavy atom. The van der Waals surface area contributed by atoms with Gasteiger partial charge >= 0.3 is 0 Å². The van der Waals surface area contributed by atoms with E-state index in [9.17, 15) is 9.59 Å². The van der Waals surface area contributed by atoms with Crippen molar-refractivity contribution < 1.29 is 9.59 Å². The zero-order chi connectivity index (χ0) is 20.5. The van der Waals surface area contributed by atoms with Crippen LogP contribution in [0, 0.1) is 12.3 Å². The van der Waals surface area contributed by atoms with Gasteiger partial charge in [-0.3, -0.25) is 9.59 Å². The molecule has 0 aliphatic heterocycles. The minimum absolute atomic E-state index is 0.100. The van der Waals surface area contributed by atoms with E-state index in [0.29, 0.717) is 26.3 Å². The normalized spacial score (nSPS) is 11.3. The fourth-order valence-corrected chi connectivity index (χ4v) is 3.60. The van der Waals surface area contributed by atoms with Crippen molar-refractivity contribution in [3.8, 4) is 5.69 Å². The number of amides is 2.